The van der Waals surface area contributed by atoms with Gasteiger partial charge in [0.1, 0.15) is 5.82 Å². The van der Waals surface area contributed by atoms with Crippen molar-refractivity contribution < 1.29 is 18.4 Å². The van der Waals surface area contributed by atoms with Crippen LogP contribution < -0.4 is 20.2 Å². The smallest absolute Gasteiger partial charge is 0.294 e. The molecule has 0 aliphatic carbocycles. The molecular weight excluding hydrogens is 423 g/mol. The number of hydrogen-bond donors (Lipinski definition) is 1. The fourth-order valence-electron chi connectivity index (χ4n) is 4.65. The molecule has 2 aliphatic heterocycles. The summed E-state index contributed by atoms with van der Waals surface area (Å²) < 4.78 is 20.3. The minimum atomic E-state index is -0.317. The molecule has 1 N–H and O–H groups in total. The number of fused-ring (bicyclic) bond motifs is 1. The highest BCUT2D eigenvalue weighted by molar-refractivity contribution is 6.10. The van der Waals surface area contributed by atoms with E-state index < -0.39 is 0 Å². The quantitative estimate of drug-likeness (QED) is 0.650. The molecule has 0 saturated carbocycles. The number of rotatable bonds is 3. The molecule has 0 bridgehead atoms. The summed E-state index contributed by atoms with van der Waals surface area (Å²) in [6, 6.07) is 13.7. The number of carbonyl (C=O) groups is 2. The number of furan rings is 1. The van der Waals surface area contributed by atoms with E-state index in [1.807, 2.05) is 36.2 Å². The Hall–Kier alpha value is -3.65. The third-order valence-corrected chi connectivity index (χ3v) is 6.16. The van der Waals surface area contributed by atoms with Crippen molar-refractivity contribution in [3.63, 3.8) is 0 Å². The average molecular weight is 448 g/mol. The molecule has 2 amide bonds. The molecule has 33 heavy (non-hydrogen) atoms. The highest BCUT2D eigenvalue weighted by Gasteiger charge is 2.35. The molecule has 2 aliphatic rings. The Morgan fingerprint density at radius 2 is 1.82 bits per heavy atom. The average Bonchev–Trinajstić information content (AvgIpc) is 3.52. The second-order valence-corrected chi connectivity index (χ2v) is 8.41. The predicted octanol–water partition coefficient (Wildman–Crippen LogP) is 4.20. The first-order chi connectivity index (χ1) is 15.9. The first kappa shape index (κ1) is 21.2. The van der Waals surface area contributed by atoms with E-state index in [2.05, 4.69) is 5.43 Å². The van der Waals surface area contributed by atoms with Crippen LogP contribution in [0.3, 0.4) is 0 Å². The summed E-state index contributed by atoms with van der Waals surface area (Å²) in [5.41, 5.74) is 6.36. The van der Waals surface area contributed by atoms with Gasteiger partial charge in [0.25, 0.3) is 5.91 Å². The first-order valence-electron chi connectivity index (χ1n) is 11.0. The Labute approximate surface area is 191 Å². The Morgan fingerprint density at radius 3 is 2.45 bits per heavy atom. The number of amides is 2. The third kappa shape index (κ3) is 3.76. The molecule has 7 nitrogen and oxygen atoms in total. The van der Waals surface area contributed by atoms with Crippen LogP contribution in [0.1, 0.15) is 30.8 Å². The molecule has 0 unspecified atom stereocenters. The van der Waals surface area contributed by atoms with Gasteiger partial charge in [-0.25, -0.2) is 9.82 Å². The van der Waals surface area contributed by atoms with Gasteiger partial charge in [-0.2, -0.15) is 0 Å². The molecular formula is C25H25FN4O3. The van der Waals surface area contributed by atoms with Gasteiger partial charge in [-0.3, -0.25) is 9.59 Å². The van der Waals surface area contributed by atoms with Crippen LogP contribution in [0.25, 0.3) is 11.1 Å². The van der Waals surface area contributed by atoms with Gasteiger partial charge in [0.15, 0.2) is 5.76 Å². The minimum Gasteiger partial charge on any atom is -0.459 e. The second kappa shape index (κ2) is 8.37. The molecule has 1 saturated heterocycles. The largest absolute Gasteiger partial charge is 0.459 e. The number of hydrazine groups is 1. The number of hydrogen-bond acceptors (Lipinski definition) is 5. The van der Waals surface area contributed by atoms with Crippen molar-refractivity contribution in [3.8, 4) is 11.1 Å². The van der Waals surface area contributed by atoms with E-state index in [1.54, 1.807) is 28.0 Å². The minimum absolute atomic E-state index is 0.102. The van der Waals surface area contributed by atoms with Crippen LogP contribution in [0, 0.1) is 5.82 Å². The fraction of sp³-hybridized carbons (Fsp3) is 0.280. The van der Waals surface area contributed by atoms with Gasteiger partial charge in [0.05, 0.1) is 29.4 Å². The van der Waals surface area contributed by atoms with E-state index in [0.29, 0.717) is 29.2 Å². The lowest BCUT2D eigenvalue weighted by molar-refractivity contribution is -0.117. The van der Waals surface area contributed by atoms with Crippen LogP contribution >= 0.6 is 0 Å². The lowest BCUT2D eigenvalue weighted by Gasteiger charge is -2.40. The number of benzene rings is 2. The van der Waals surface area contributed by atoms with Gasteiger partial charge in [-0.05, 0) is 60.9 Å². The van der Waals surface area contributed by atoms with Gasteiger partial charge in [-0.1, -0.05) is 12.1 Å². The second-order valence-electron chi connectivity index (χ2n) is 8.41. The third-order valence-electron chi connectivity index (χ3n) is 6.16. The summed E-state index contributed by atoms with van der Waals surface area (Å²) in [4.78, 5) is 28.9. The van der Waals surface area contributed by atoms with Crippen molar-refractivity contribution in [2.24, 2.45) is 0 Å². The zero-order valence-electron chi connectivity index (χ0n) is 18.5. The van der Waals surface area contributed by atoms with Gasteiger partial charge >= 0.3 is 0 Å². The van der Waals surface area contributed by atoms with Crippen molar-refractivity contribution in [2.45, 2.75) is 26.3 Å². The normalized spacial score (nSPS) is 17.9. The summed E-state index contributed by atoms with van der Waals surface area (Å²) in [6.07, 6.45) is 2.43. The molecule has 0 radical (unpaired) electrons. The molecule has 1 atom stereocenters. The van der Waals surface area contributed by atoms with E-state index in [0.717, 1.165) is 25.1 Å². The van der Waals surface area contributed by atoms with Gasteiger partial charge in [0, 0.05) is 26.6 Å². The molecule has 170 valence electrons. The predicted molar refractivity (Wildman–Crippen MR) is 125 cm³/mol. The summed E-state index contributed by atoms with van der Waals surface area (Å²) in [7, 11) is 0. The molecule has 8 heteroatoms. The Kier molecular flexibility index (Phi) is 5.38. The van der Waals surface area contributed by atoms with Crippen LogP contribution in [-0.2, 0) is 4.79 Å². The van der Waals surface area contributed by atoms with Gasteiger partial charge in [-0.15, -0.1) is 0 Å². The van der Waals surface area contributed by atoms with Crippen molar-refractivity contribution in [1.82, 2.24) is 5.43 Å². The summed E-state index contributed by atoms with van der Waals surface area (Å²) >= 11 is 0. The Balaban J connectivity index is 1.56. The van der Waals surface area contributed by atoms with E-state index >= 15 is 0 Å². The van der Waals surface area contributed by atoms with E-state index in [4.69, 9.17) is 4.42 Å². The number of nitrogens with zero attached hydrogens (tertiary/aromatic N) is 3. The maximum absolute atomic E-state index is 14.9. The van der Waals surface area contributed by atoms with Crippen LogP contribution in [-0.4, -0.2) is 37.5 Å². The van der Waals surface area contributed by atoms with Crippen LogP contribution in [0.2, 0.25) is 0 Å². The van der Waals surface area contributed by atoms with Crippen LogP contribution in [0.15, 0.2) is 59.2 Å². The summed E-state index contributed by atoms with van der Waals surface area (Å²) in [5, 5.41) is 1.82. The molecule has 3 heterocycles. The van der Waals surface area contributed by atoms with Crippen molar-refractivity contribution in [2.75, 3.05) is 34.4 Å². The van der Waals surface area contributed by atoms with Crippen LogP contribution in [0.4, 0.5) is 21.5 Å². The van der Waals surface area contributed by atoms with Crippen molar-refractivity contribution in [1.29, 1.82) is 0 Å². The molecule has 1 aromatic heterocycles. The summed E-state index contributed by atoms with van der Waals surface area (Å²) in [6.45, 7) is 5.33. The Bertz CT molecular complexity index is 1200. The zero-order chi connectivity index (χ0) is 23.1. The number of nitrogens with one attached hydrogen (secondary N) is 1. The van der Waals surface area contributed by atoms with E-state index in [9.17, 15) is 14.0 Å². The highest BCUT2D eigenvalue weighted by atomic mass is 19.1. The molecule has 2 aromatic carbocycles. The lowest BCUT2D eigenvalue weighted by atomic mass is 10.00. The van der Waals surface area contributed by atoms with Crippen LogP contribution in [0.5, 0.6) is 0 Å². The fourth-order valence-corrected chi connectivity index (χ4v) is 4.65. The maximum atomic E-state index is 14.9. The first-order valence-corrected chi connectivity index (χ1v) is 11.0. The monoisotopic (exact) mass is 448 g/mol. The maximum Gasteiger partial charge on any atom is 0.294 e. The number of carbonyl (C=O) groups excluding carboxylic acids is 2. The number of anilines is 3. The topological polar surface area (TPSA) is 69.0 Å². The summed E-state index contributed by atoms with van der Waals surface area (Å²) in [5.74, 6) is -0.476. The van der Waals surface area contributed by atoms with E-state index in [1.165, 1.54) is 19.3 Å². The molecule has 0 spiro atoms. The standard InChI is InChI=1S/C25H25FN4O3/c1-16-15-28(25(32)24-5-3-12-33-24)23-14-19(7-9-22(23)30(16)17(2)31)18-6-8-21(20(26)13-18)29-11-4-10-27-29/h3,5-9,12-14,16,27H,4,10-11,15H2,1-2H3/t16-/m0/s1. The highest BCUT2D eigenvalue weighted by Crippen LogP contribution is 2.40. The van der Waals surface area contributed by atoms with Gasteiger partial charge in [0.2, 0.25) is 5.91 Å². The molecule has 5 rings (SSSR count). The number of halogens is 1. The van der Waals surface area contributed by atoms with E-state index in [-0.39, 0.29) is 29.4 Å². The van der Waals surface area contributed by atoms with Crippen molar-refractivity contribution >= 4 is 28.9 Å². The lowest BCUT2D eigenvalue weighted by Crippen LogP contribution is -2.51. The SMILES string of the molecule is CC(=O)N1c2ccc(-c3ccc(N4CCCN4)c(F)c3)cc2N(C(=O)c2ccco2)C[C@@H]1C. The Morgan fingerprint density at radius 1 is 1.06 bits per heavy atom. The van der Waals surface area contributed by atoms with Crippen molar-refractivity contribution in [3.05, 3.63) is 66.4 Å². The molecule has 3 aromatic rings. The van der Waals surface area contributed by atoms with Gasteiger partial charge < -0.3 is 19.2 Å². The molecule has 1 fully saturated rings. The zero-order valence-corrected chi connectivity index (χ0v) is 18.5.